The van der Waals surface area contributed by atoms with E-state index in [0.29, 0.717) is 23.8 Å². The lowest BCUT2D eigenvalue weighted by molar-refractivity contribution is 0.0730. The first-order valence-corrected chi connectivity index (χ1v) is 10.8. The summed E-state index contributed by atoms with van der Waals surface area (Å²) in [4.78, 5) is 12.6. The lowest BCUT2D eigenvalue weighted by Crippen LogP contribution is -2.40. The van der Waals surface area contributed by atoms with E-state index in [-0.39, 0.29) is 35.5 Å². The Morgan fingerprint density at radius 2 is 1.80 bits per heavy atom. The smallest absolute Gasteiger partial charge is 0.322 e. The van der Waals surface area contributed by atoms with Gasteiger partial charge in [0.15, 0.2) is 0 Å². The zero-order chi connectivity index (χ0) is 21.1. The van der Waals surface area contributed by atoms with Crippen molar-refractivity contribution in [2.75, 3.05) is 31.6 Å². The second-order valence-corrected chi connectivity index (χ2v) is 8.79. The summed E-state index contributed by atoms with van der Waals surface area (Å²) < 4.78 is 37.6. The van der Waals surface area contributed by atoms with Crippen LogP contribution < -0.4 is 5.32 Å². The van der Waals surface area contributed by atoms with Gasteiger partial charge in [0.05, 0.1) is 18.1 Å². The lowest BCUT2D eigenvalue weighted by Gasteiger charge is -2.26. The summed E-state index contributed by atoms with van der Waals surface area (Å²) in [5.74, 6) is -0.356. The van der Waals surface area contributed by atoms with Crippen molar-refractivity contribution >= 4 is 33.5 Å². The Kier molecular flexibility index (Phi) is 5.82. The third-order valence-corrected chi connectivity index (χ3v) is 6.59. The van der Waals surface area contributed by atoms with Crippen LogP contribution >= 0.6 is 11.6 Å². The van der Waals surface area contributed by atoms with E-state index in [4.69, 9.17) is 20.8 Å². The first-order valence-electron chi connectivity index (χ1n) is 9.02. The number of amides is 1. The standard InChI is InChI=1S/C19H17ClN4O5S/c20-15-6-4-13(5-7-15)18-22-23-19(29-18)21-17(25)14-2-1-3-16(12-14)30(26,27)24-8-10-28-11-9-24/h1-7,12H,8-11H2,(H,21,23,25). The zero-order valence-electron chi connectivity index (χ0n) is 15.6. The number of carbonyl (C=O) groups is 1. The molecule has 9 nitrogen and oxygen atoms in total. The molecular formula is C19H17ClN4O5S. The summed E-state index contributed by atoms with van der Waals surface area (Å²) in [6.07, 6.45) is 0. The first kappa shape index (κ1) is 20.5. The molecule has 0 radical (unpaired) electrons. The van der Waals surface area contributed by atoms with Gasteiger partial charge in [-0.2, -0.15) is 4.31 Å². The highest BCUT2D eigenvalue weighted by Gasteiger charge is 2.27. The Hall–Kier alpha value is -2.79. The van der Waals surface area contributed by atoms with E-state index in [0.717, 1.165) is 0 Å². The number of sulfonamides is 1. The second-order valence-electron chi connectivity index (χ2n) is 6.42. The van der Waals surface area contributed by atoms with E-state index in [1.54, 1.807) is 24.3 Å². The van der Waals surface area contributed by atoms with Crippen LogP contribution in [0.2, 0.25) is 5.02 Å². The average molecular weight is 449 g/mol. The Morgan fingerprint density at radius 1 is 1.07 bits per heavy atom. The quantitative estimate of drug-likeness (QED) is 0.638. The SMILES string of the molecule is O=C(Nc1nnc(-c2ccc(Cl)cc2)o1)c1cccc(S(=O)(=O)N2CCOCC2)c1. The summed E-state index contributed by atoms with van der Waals surface area (Å²) in [5.41, 5.74) is 0.793. The van der Waals surface area contributed by atoms with Crippen molar-refractivity contribution in [3.05, 3.63) is 59.1 Å². The molecule has 0 unspecified atom stereocenters. The van der Waals surface area contributed by atoms with Crippen molar-refractivity contribution in [2.45, 2.75) is 4.90 Å². The molecule has 3 aromatic rings. The van der Waals surface area contributed by atoms with Gasteiger partial charge >= 0.3 is 6.01 Å². The molecule has 1 aromatic heterocycles. The normalized spacial score (nSPS) is 15.1. The number of halogens is 1. The summed E-state index contributed by atoms with van der Waals surface area (Å²) in [6.45, 7) is 1.22. The van der Waals surface area contributed by atoms with Gasteiger partial charge in [0.25, 0.3) is 5.91 Å². The summed E-state index contributed by atoms with van der Waals surface area (Å²) in [5, 5.41) is 10.7. The number of benzene rings is 2. The van der Waals surface area contributed by atoms with Crippen molar-refractivity contribution in [1.29, 1.82) is 0 Å². The minimum Gasteiger partial charge on any atom is -0.403 e. The molecule has 1 N–H and O–H groups in total. The molecule has 0 aliphatic carbocycles. The summed E-state index contributed by atoms with van der Waals surface area (Å²) in [6, 6.07) is 12.5. The molecule has 156 valence electrons. The van der Waals surface area contributed by atoms with E-state index in [1.165, 1.54) is 28.6 Å². The van der Waals surface area contributed by atoms with Gasteiger partial charge in [0.2, 0.25) is 15.9 Å². The average Bonchev–Trinajstić information content (AvgIpc) is 3.23. The van der Waals surface area contributed by atoms with Crippen molar-refractivity contribution in [1.82, 2.24) is 14.5 Å². The van der Waals surface area contributed by atoms with Crippen LogP contribution in [-0.2, 0) is 14.8 Å². The fourth-order valence-corrected chi connectivity index (χ4v) is 4.47. The highest BCUT2D eigenvalue weighted by molar-refractivity contribution is 7.89. The number of hydrogen-bond acceptors (Lipinski definition) is 7. The van der Waals surface area contributed by atoms with Crippen LogP contribution in [-0.4, -0.2) is 55.1 Å². The van der Waals surface area contributed by atoms with Gasteiger partial charge in [-0.25, -0.2) is 8.42 Å². The van der Waals surface area contributed by atoms with E-state index < -0.39 is 15.9 Å². The van der Waals surface area contributed by atoms with Crippen LogP contribution in [0.25, 0.3) is 11.5 Å². The third-order valence-electron chi connectivity index (χ3n) is 4.44. The predicted octanol–water partition coefficient (Wildman–Crippen LogP) is 2.66. The fourth-order valence-electron chi connectivity index (χ4n) is 2.89. The van der Waals surface area contributed by atoms with E-state index >= 15 is 0 Å². The van der Waals surface area contributed by atoms with Crippen molar-refractivity contribution < 1.29 is 22.4 Å². The zero-order valence-corrected chi connectivity index (χ0v) is 17.2. The Bertz CT molecular complexity index is 1160. The number of anilines is 1. The van der Waals surface area contributed by atoms with Crippen LogP contribution in [0.1, 0.15) is 10.4 Å². The second kappa shape index (κ2) is 8.52. The minimum absolute atomic E-state index is 0.0319. The summed E-state index contributed by atoms with van der Waals surface area (Å²) in [7, 11) is -3.72. The number of morpholine rings is 1. The number of aromatic nitrogens is 2. The number of hydrogen-bond donors (Lipinski definition) is 1. The number of nitrogens with one attached hydrogen (secondary N) is 1. The molecule has 11 heteroatoms. The van der Waals surface area contributed by atoms with Crippen molar-refractivity contribution in [2.24, 2.45) is 0 Å². The lowest BCUT2D eigenvalue weighted by atomic mass is 10.2. The van der Waals surface area contributed by atoms with Gasteiger partial charge in [-0.1, -0.05) is 22.8 Å². The predicted molar refractivity (Wildman–Crippen MR) is 109 cm³/mol. The maximum atomic E-state index is 12.8. The molecule has 1 saturated heterocycles. The van der Waals surface area contributed by atoms with Crippen molar-refractivity contribution in [3.8, 4) is 11.5 Å². The third kappa shape index (κ3) is 4.36. The molecule has 1 aliphatic rings. The van der Waals surface area contributed by atoms with Crippen LogP contribution in [0.3, 0.4) is 0 Å². The van der Waals surface area contributed by atoms with Crippen molar-refractivity contribution in [3.63, 3.8) is 0 Å². The maximum absolute atomic E-state index is 12.8. The largest absolute Gasteiger partial charge is 0.403 e. The number of carbonyl (C=O) groups excluding carboxylic acids is 1. The van der Waals surface area contributed by atoms with Gasteiger partial charge in [-0.15, -0.1) is 5.10 Å². The Balaban J connectivity index is 1.50. The molecule has 2 heterocycles. The van der Waals surface area contributed by atoms with Gasteiger partial charge in [0, 0.05) is 29.2 Å². The molecule has 1 fully saturated rings. The van der Waals surface area contributed by atoms with E-state index in [1.807, 2.05) is 0 Å². The number of nitrogens with zero attached hydrogens (tertiary/aromatic N) is 3. The van der Waals surface area contributed by atoms with E-state index in [9.17, 15) is 13.2 Å². The highest BCUT2D eigenvalue weighted by Crippen LogP contribution is 2.23. The van der Waals surface area contributed by atoms with Crippen LogP contribution in [0.4, 0.5) is 6.01 Å². The van der Waals surface area contributed by atoms with Crippen LogP contribution in [0.5, 0.6) is 0 Å². The van der Waals surface area contributed by atoms with Crippen LogP contribution in [0.15, 0.2) is 57.8 Å². The molecule has 1 aliphatic heterocycles. The van der Waals surface area contributed by atoms with E-state index in [2.05, 4.69) is 15.5 Å². The molecule has 0 saturated carbocycles. The highest BCUT2D eigenvalue weighted by atomic mass is 35.5. The Labute approximate surface area is 177 Å². The number of ether oxygens (including phenoxy) is 1. The minimum atomic E-state index is -3.72. The monoisotopic (exact) mass is 448 g/mol. The molecular weight excluding hydrogens is 432 g/mol. The molecule has 1 amide bonds. The topological polar surface area (TPSA) is 115 Å². The number of rotatable bonds is 5. The first-order chi connectivity index (χ1) is 14.4. The molecule has 30 heavy (non-hydrogen) atoms. The van der Waals surface area contributed by atoms with Gasteiger partial charge in [-0.05, 0) is 42.5 Å². The fraction of sp³-hybridized carbons (Fsp3) is 0.211. The molecule has 4 rings (SSSR count). The molecule has 2 aromatic carbocycles. The molecule has 0 bridgehead atoms. The maximum Gasteiger partial charge on any atom is 0.322 e. The molecule has 0 spiro atoms. The van der Waals surface area contributed by atoms with Gasteiger partial charge in [-0.3, -0.25) is 10.1 Å². The summed E-state index contributed by atoms with van der Waals surface area (Å²) >= 11 is 5.86. The Morgan fingerprint density at radius 3 is 2.53 bits per heavy atom. The van der Waals surface area contributed by atoms with Crippen LogP contribution in [0, 0.1) is 0 Å². The van der Waals surface area contributed by atoms with Gasteiger partial charge < -0.3 is 9.15 Å². The molecule has 0 atom stereocenters. The van der Waals surface area contributed by atoms with Gasteiger partial charge in [0.1, 0.15) is 0 Å².